The summed E-state index contributed by atoms with van der Waals surface area (Å²) in [6.45, 7) is -1.10. The molecule has 5 aromatic rings. The number of hydrogen-bond acceptors (Lipinski definition) is 7. The van der Waals surface area contributed by atoms with E-state index in [1.807, 2.05) is 24.3 Å². The number of hydrogen-bond donors (Lipinski definition) is 1. The van der Waals surface area contributed by atoms with Crippen LogP contribution in [0.5, 0.6) is 0 Å². The first-order valence-electron chi connectivity index (χ1n) is 14.7. The number of ether oxygens (including phenoxy) is 2. The predicted molar refractivity (Wildman–Crippen MR) is 165 cm³/mol. The zero-order valence-electron chi connectivity index (χ0n) is 25.6. The quantitative estimate of drug-likeness (QED) is 0.202. The van der Waals surface area contributed by atoms with Crippen molar-refractivity contribution >= 4 is 34.1 Å². The Balaban J connectivity index is 1.30. The number of pyridine rings is 2. The molecule has 2 atom stereocenters. The van der Waals surface area contributed by atoms with Crippen LogP contribution < -0.4 is 15.8 Å². The third-order valence-electron chi connectivity index (χ3n) is 8.35. The first-order chi connectivity index (χ1) is 22.9. The van der Waals surface area contributed by atoms with E-state index in [4.69, 9.17) is 9.47 Å². The molecule has 0 unspecified atom stereocenters. The number of halogens is 5. The van der Waals surface area contributed by atoms with Crippen molar-refractivity contribution in [1.29, 1.82) is 0 Å². The molecule has 1 amide bonds. The second-order valence-electron chi connectivity index (χ2n) is 11.2. The number of imidazole rings is 1. The number of amides is 1. The minimum Gasteiger partial charge on any atom is -0.467 e. The summed E-state index contributed by atoms with van der Waals surface area (Å²) in [7, 11) is 2.73. The first kappa shape index (κ1) is 32.6. The van der Waals surface area contributed by atoms with Gasteiger partial charge in [0.25, 0.3) is 11.5 Å². The van der Waals surface area contributed by atoms with Gasteiger partial charge in [-0.1, -0.05) is 18.2 Å². The van der Waals surface area contributed by atoms with Gasteiger partial charge in [-0.25, -0.2) is 18.6 Å². The number of esters is 1. The fourth-order valence-electron chi connectivity index (χ4n) is 5.96. The van der Waals surface area contributed by atoms with Crippen molar-refractivity contribution in [2.75, 3.05) is 31.8 Å². The second kappa shape index (κ2) is 12.7. The van der Waals surface area contributed by atoms with Crippen LogP contribution in [-0.4, -0.2) is 71.0 Å². The van der Waals surface area contributed by atoms with Crippen LogP contribution in [-0.2, 0) is 27.7 Å². The lowest BCUT2D eigenvalue weighted by Gasteiger charge is -2.38. The molecule has 0 spiro atoms. The summed E-state index contributed by atoms with van der Waals surface area (Å²) >= 11 is 0. The molecule has 6 rings (SSSR count). The molecule has 1 aliphatic rings. The highest BCUT2D eigenvalue weighted by Gasteiger charge is 2.46. The van der Waals surface area contributed by atoms with Gasteiger partial charge >= 0.3 is 12.1 Å². The number of aromatic nitrogens is 3. The second-order valence-corrected chi connectivity index (χ2v) is 11.2. The molecule has 48 heavy (non-hydrogen) atoms. The average molecular weight is 670 g/mol. The van der Waals surface area contributed by atoms with Crippen LogP contribution in [0.4, 0.5) is 27.6 Å². The van der Waals surface area contributed by atoms with Gasteiger partial charge in [0.05, 0.1) is 31.4 Å². The monoisotopic (exact) mass is 669 g/mol. The van der Waals surface area contributed by atoms with Crippen molar-refractivity contribution in [1.82, 2.24) is 19.3 Å². The fourth-order valence-corrected chi connectivity index (χ4v) is 5.96. The van der Waals surface area contributed by atoms with Crippen molar-refractivity contribution in [2.45, 2.75) is 24.7 Å². The number of anilines is 1. The Kier molecular flexibility index (Phi) is 8.64. The molecule has 10 nitrogen and oxygen atoms in total. The maximum absolute atomic E-state index is 15.2. The number of morpholine rings is 1. The summed E-state index contributed by atoms with van der Waals surface area (Å²) in [5.74, 6) is -5.09. The van der Waals surface area contributed by atoms with E-state index < -0.39 is 59.6 Å². The van der Waals surface area contributed by atoms with E-state index in [1.165, 1.54) is 10.8 Å². The lowest BCUT2D eigenvalue weighted by molar-refractivity contribution is -0.167. The number of aryl methyl sites for hydroxylation is 1. The van der Waals surface area contributed by atoms with Gasteiger partial charge in [0.2, 0.25) is 0 Å². The maximum atomic E-state index is 15.2. The maximum Gasteiger partial charge on any atom is 0.411 e. The number of nitrogens with zero attached hydrogens (tertiary/aromatic N) is 4. The van der Waals surface area contributed by atoms with Crippen LogP contribution in [0, 0.1) is 11.6 Å². The summed E-state index contributed by atoms with van der Waals surface area (Å²) in [6.07, 6.45) is -1.87. The number of carbonyl (C=O) groups is 2. The molecular formula is C33H28F5N5O5. The van der Waals surface area contributed by atoms with Crippen LogP contribution in [0.3, 0.4) is 0 Å². The van der Waals surface area contributed by atoms with E-state index >= 15 is 8.78 Å². The van der Waals surface area contributed by atoms with Crippen LogP contribution in [0.2, 0.25) is 0 Å². The Morgan fingerprint density at radius 2 is 1.81 bits per heavy atom. The molecular weight excluding hydrogens is 641 g/mol. The van der Waals surface area contributed by atoms with E-state index in [-0.39, 0.29) is 25.1 Å². The van der Waals surface area contributed by atoms with E-state index in [1.54, 1.807) is 35.8 Å². The Labute approximate surface area is 269 Å². The van der Waals surface area contributed by atoms with Gasteiger partial charge in [-0.3, -0.25) is 9.59 Å². The largest absolute Gasteiger partial charge is 0.467 e. The number of methoxy groups -OCH3 is 1. The number of rotatable bonds is 7. The zero-order chi connectivity index (χ0) is 34.3. The average Bonchev–Trinajstić information content (AvgIpc) is 3.56. The van der Waals surface area contributed by atoms with Crippen molar-refractivity contribution in [2.24, 2.45) is 7.05 Å². The Morgan fingerprint density at radius 1 is 1.08 bits per heavy atom. The summed E-state index contributed by atoms with van der Waals surface area (Å²) in [6, 6.07) is 10.1. The van der Waals surface area contributed by atoms with Crippen molar-refractivity contribution in [3.05, 3.63) is 100 Å². The number of benzene rings is 2. The molecule has 1 saturated heterocycles. The number of carbonyl (C=O) groups excluding carboxylic acids is 2. The summed E-state index contributed by atoms with van der Waals surface area (Å²) in [5, 5.41) is 3.12. The summed E-state index contributed by atoms with van der Waals surface area (Å²) in [5.41, 5.74) is 0.678. The Bertz CT molecular complexity index is 2090. The lowest BCUT2D eigenvalue weighted by atomic mass is 10.0. The Hall–Kier alpha value is -5.31. The number of para-hydroxylation sites is 1. The van der Waals surface area contributed by atoms with Gasteiger partial charge in [0, 0.05) is 49.4 Å². The van der Waals surface area contributed by atoms with Gasteiger partial charge in [-0.2, -0.15) is 13.2 Å². The summed E-state index contributed by atoms with van der Waals surface area (Å²) in [4.78, 5) is 44.5. The van der Waals surface area contributed by atoms with Crippen molar-refractivity contribution in [3.63, 3.8) is 0 Å². The highest BCUT2D eigenvalue weighted by molar-refractivity contribution is 5.97. The SMILES string of the molecule is COC(=O)[C@H](Cc1ccc(-c2cc3ccccc3n(C)c2=O)c2nccn12)NC(=O)c1c(F)cc(N2CCOC[C@H]2C(F)(F)F)cc1F. The molecule has 3 aromatic heterocycles. The molecule has 0 aliphatic carbocycles. The molecule has 1 N–H and O–H groups in total. The van der Waals surface area contributed by atoms with Crippen LogP contribution in [0.25, 0.3) is 27.7 Å². The first-order valence-corrected chi connectivity index (χ1v) is 14.7. The van der Waals surface area contributed by atoms with Crippen molar-refractivity contribution in [3.8, 4) is 11.1 Å². The number of fused-ring (bicyclic) bond motifs is 2. The molecule has 1 aliphatic heterocycles. The molecule has 0 radical (unpaired) electrons. The van der Waals surface area contributed by atoms with Crippen LogP contribution in [0.1, 0.15) is 16.1 Å². The number of alkyl halides is 3. The Morgan fingerprint density at radius 3 is 2.52 bits per heavy atom. The van der Waals surface area contributed by atoms with E-state index in [0.29, 0.717) is 34.6 Å². The fraction of sp³-hybridized carbons (Fsp3) is 0.273. The molecule has 4 heterocycles. The predicted octanol–water partition coefficient (Wildman–Crippen LogP) is 4.41. The van der Waals surface area contributed by atoms with Gasteiger partial charge < -0.3 is 28.7 Å². The molecule has 0 bridgehead atoms. The topological polar surface area (TPSA) is 107 Å². The third kappa shape index (κ3) is 5.96. The van der Waals surface area contributed by atoms with Gasteiger partial charge in [0.15, 0.2) is 0 Å². The molecule has 1 fully saturated rings. The zero-order valence-corrected chi connectivity index (χ0v) is 25.6. The van der Waals surface area contributed by atoms with Crippen LogP contribution >= 0.6 is 0 Å². The number of nitrogens with one attached hydrogen (secondary N) is 1. The van der Waals surface area contributed by atoms with E-state index in [9.17, 15) is 27.6 Å². The lowest BCUT2D eigenvalue weighted by Crippen LogP contribution is -2.53. The molecule has 0 saturated carbocycles. The highest BCUT2D eigenvalue weighted by atomic mass is 19.4. The minimum atomic E-state index is -4.74. The summed E-state index contributed by atoms with van der Waals surface area (Å²) < 4.78 is 84.0. The minimum absolute atomic E-state index is 0.0943. The van der Waals surface area contributed by atoms with Crippen LogP contribution in [0.15, 0.2) is 71.8 Å². The highest BCUT2D eigenvalue weighted by Crippen LogP contribution is 2.33. The van der Waals surface area contributed by atoms with E-state index in [0.717, 1.165) is 22.9 Å². The smallest absolute Gasteiger partial charge is 0.411 e. The molecule has 250 valence electrons. The normalized spacial score (nSPS) is 15.9. The van der Waals surface area contributed by atoms with Crippen molar-refractivity contribution < 1.29 is 41.0 Å². The molecule has 2 aromatic carbocycles. The third-order valence-corrected chi connectivity index (χ3v) is 8.35. The van der Waals surface area contributed by atoms with Gasteiger partial charge in [0.1, 0.15) is 34.9 Å². The van der Waals surface area contributed by atoms with Gasteiger partial charge in [-0.05, 0) is 41.8 Å². The standard InChI is InChI=1S/C33H28F5N5O5/c1-41-26-6-4-3-5-18(26)13-22(31(41)45)21-8-7-19(43-10-9-39-29(21)43)16-25(32(46)47-2)40-30(44)28-23(34)14-20(15-24(28)35)42-11-12-48-17-27(42)33(36,37)38/h3-10,13-15,25,27H,11-12,16-17H2,1-2H3,(H,40,44)/t25-,27-/m0/s1. The molecule has 15 heteroatoms. The van der Waals surface area contributed by atoms with E-state index in [2.05, 4.69) is 10.3 Å². The van der Waals surface area contributed by atoms with Gasteiger partial charge in [-0.15, -0.1) is 0 Å².